The van der Waals surface area contributed by atoms with E-state index in [1.807, 2.05) is 31.2 Å². The van der Waals surface area contributed by atoms with Gasteiger partial charge in [-0.3, -0.25) is 4.79 Å². The van der Waals surface area contributed by atoms with Crippen molar-refractivity contribution in [2.45, 2.75) is 18.2 Å². The smallest absolute Gasteiger partial charge is 0.240 e. The number of hydrogen-bond donors (Lipinski definition) is 1. The van der Waals surface area contributed by atoms with Gasteiger partial charge in [-0.25, -0.2) is 13.1 Å². The zero-order chi connectivity index (χ0) is 19.0. The molecular formula is C22H19NO3S. The van der Waals surface area contributed by atoms with Gasteiger partial charge < -0.3 is 0 Å². The Morgan fingerprint density at radius 3 is 2.41 bits per heavy atom. The molecule has 0 atom stereocenters. The standard InChI is InChI=1S/C22H19NO3S/c1-15-6-9-19(10-7-15)27(25,26)23-14-22(24)17-8-11-21-18(13-17)12-16-4-2-3-5-20(16)21/h2-11,13,23H,12,14H2,1H3. The van der Waals surface area contributed by atoms with Crippen molar-refractivity contribution in [3.8, 4) is 11.1 Å². The van der Waals surface area contributed by atoms with E-state index in [-0.39, 0.29) is 17.2 Å². The van der Waals surface area contributed by atoms with Crippen LogP contribution in [0.4, 0.5) is 0 Å². The topological polar surface area (TPSA) is 63.2 Å². The summed E-state index contributed by atoms with van der Waals surface area (Å²) in [6, 6.07) is 20.3. The maximum atomic E-state index is 12.5. The number of nitrogens with one attached hydrogen (secondary N) is 1. The monoisotopic (exact) mass is 377 g/mol. The van der Waals surface area contributed by atoms with Crippen molar-refractivity contribution in [2.75, 3.05) is 6.54 Å². The second kappa shape index (κ2) is 6.76. The van der Waals surface area contributed by atoms with E-state index in [0.29, 0.717) is 5.56 Å². The first-order valence-electron chi connectivity index (χ1n) is 8.75. The second-order valence-corrected chi connectivity index (χ2v) is 8.53. The molecule has 0 heterocycles. The number of benzene rings is 3. The Morgan fingerprint density at radius 2 is 1.63 bits per heavy atom. The third-order valence-corrected chi connectivity index (χ3v) is 6.29. The molecule has 1 aliphatic carbocycles. The normalized spacial score (nSPS) is 12.5. The highest BCUT2D eigenvalue weighted by molar-refractivity contribution is 7.89. The predicted molar refractivity (Wildman–Crippen MR) is 105 cm³/mol. The molecule has 0 bridgehead atoms. The van der Waals surface area contributed by atoms with E-state index in [2.05, 4.69) is 16.9 Å². The molecule has 1 aliphatic rings. The van der Waals surface area contributed by atoms with Crippen LogP contribution in [0.5, 0.6) is 0 Å². The van der Waals surface area contributed by atoms with E-state index in [0.717, 1.165) is 23.1 Å². The summed E-state index contributed by atoms with van der Waals surface area (Å²) in [5, 5.41) is 0. The van der Waals surface area contributed by atoms with Gasteiger partial charge >= 0.3 is 0 Å². The van der Waals surface area contributed by atoms with Gasteiger partial charge in [0.25, 0.3) is 0 Å². The summed E-state index contributed by atoms with van der Waals surface area (Å²) in [6.45, 7) is 1.63. The van der Waals surface area contributed by atoms with Crippen molar-refractivity contribution in [2.24, 2.45) is 0 Å². The fourth-order valence-electron chi connectivity index (χ4n) is 3.38. The fourth-order valence-corrected chi connectivity index (χ4v) is 4.36. The summed E-state index contributed by atoms with van der Waals surface area (Å²) in [4.78, 5) is 12.7. The number of hydrogen-bond acceptors (Lipinski definition) is 3. The van der Waals surface area contributed by atoms with Gasteiger partial charge in [-0.05, 0) is 53.8 Å². The number of ketones is 1. The molecule has 4 nitrogen and oxygen atoms in total. The highest BCUT2D eigenvalue weighted by atomic mass is 32.2. The minimum absolute atomic E-state index is 0.158. The van der Waals surface area contributed by atoms with Crippen molar-refractivity contribution in [3.05, 3.63) is 89.0 Å². The zero-order valence-corrected chi connectivity index (χ0v) is 15.7. The molecule has 0 fully saturated rings. The molecule has 3 aromatic carbocycles. The first kappa shape index (κ1) is 17.6. The number of carbonyl (C=O) groups is 1. The number of sulfonamides is 1. The van der Waals surface area contributed by atoms with Gasteiger partial charge in [-0.15, -0.1) is 0 Å². The van der Waals surface area contributed by atoms with E-state index in [9.17, 15) is 13.2 Å². The summed E-state index contributed by atoms with van der Waals surface area (Å²) in [5.74, 6) is -0.246. The molecular weight excluding hydrogens is 358 g/mol. The summed E-state index contributed by atoms with van der Waals surface area (Å²) in [6.07, 6.45) is 0.793. The predicted octanol–water partition coefficient (Wildman–Crippen LogP) is 3.73. The van der Waals surface area contributed by atoms with Crippen LogP contribution in [0.2, 0.25) is 0 Å². The zero-order valence-electron chi connectivity index (χ0n) is 14.9. The van der Waals surface area contributed by atoms with Gasteiger partial charge in [0.15, 0.2) is 5.78 Å². The quantitative estimate of drug-likeness (QED) is 0.539. The average Bonchev–Trinajstić information content (AvgIpc) is 3.04. The van der Waals surface area contributed by atoms with Crippen LogP contribution in [0.1, 0.15) is 27.0 Å². The number of rotatable bonds is 5. The molecule has 0 aromatic heterocycles. The van der Waals surface area contributed by atoms with E-state index < -0.39 is 10.0 Å². The van der Waals surface area contributed by atoms with E-state index in [1.54, 1.807) is 18.2 Å². The van der Waals surface area contributed by atoms with E-state index in [1.165, 1.54) is 23.3 Å². The first-order chi connectivity index (χ1) is 12.9. The van der Waals surface area contributed by atoms with Gasteiger partial charge in [0.2, 0.25) is 10.0 Å². The summed E-state index contributed by atoms with van der Waals surface area (Å²) in [5.41, 5.74) is 6.19. The molecule has 0 saturated heterocycles. The number of aryl methyl sites for hydroxylation is 1. The Bertz CT molecular complexity index is 1130. The van der Waals surface area contributed by atoms with Gasteiger partial charge in [-0.2, -0.15) is 0 Å². The maximum Gasteiger partial charge on any atom is 0.240 e. The van der Waals surface area contributed by atoms with Gasteiger partial charge in [0, 0.05) is 5.56 Å². The first-order valence-corrected chi connectivity index (χ1v) is 10.2. The molecule has 0 aliphatic heterocycles. The third kappa shape index (κ3) is 3.44. The highest BCUT2D eigenvalue weighted by Gasteiger charge is 2.20. The molecule has 0 unspecified atom stereocenters. The maximum absolute atomic E-state index is 12.5. The van der Waals surface area contributed by atoms with Crippen molar-refractivity contribution in [1.29, 1.82) is 0 Å². The van der Waals surface area contributed by atoms with Crippen LogP contribution >= 0.6 is 0 Å². The van der Waals surface area contributed by atoms with Crippen LogP contribution in [-0.2, 0) is 16.4 Å². The Balaban J connectivity index is 1.50. The molecule has 136 valence electrons. The van der Waals surface area contributed by atoms with Crippen molar-refractivity contribution in [1.82, 2.24) is 4.72 Å². The lowest BCUT2D eigenvalue weighted by Gasteiger charge is -2.08. The highest BCUT2D eigenvalue weighted by Crippen LogP contribution is 2.36. The minimum atomic E-state index is -3.71. The van der Waals surface area contributed by atoms with Crippen molar-refractivity contribution in [3.63, 3.8) is 0 Å². The number of Topliss-reactive ketones (excluding diaryl/α,β-unsaturated/α-hetero) is 1. The lowest BCUT2D eigenvalue weighted by Crippen LogP contribution is -2.29. The molecule has 27 heavy (non-hydrogen) atoms. The van der Waals surface area contributed by atoms with Crippen LogP contribution in [0.15, 0.2) is 71.6 Å². The summed E-state index contributed by atoms with van der Waals surface area (Å²) >= 11 is 0. The van der Waals surface area contributed by atoms with Gasteiger partial charge in [0.05, 0.1) is 11.4 Å². The van der Waals surface area contributed by atoms with E-state index in [4.69, 9.17) is 0 Å². The van der Waals surface area contributed by atoms with E-state index >= 15 is 0 Å². The molecule has 0 radical (unpaired) electrons. The molecule has 0 saturated carbocycles. The number of fused-ring (bicyclic) bond motifs is 3. The molecule has 5 heteroatoms. The van der Waals surface area contributed by atoms with Crippen LogP contribution < -0.4 is 4.72 Å². The van der Waals surface area contributed by atoms with Crippen molar-refractivity contribution >= 4 is 15.8 Å². The Labute approximate surface area is 158 Å². The third-order valence-electron chi connectivity index (χ3n) is 4.87. The summed E-state index contributed by atoms with van der Waals surface area (Å²) in [7, 11) is -3.71. The Hall–Kier alpha value is -2.76. The fraction of sp³-hybridized carbons (Fsp3) is 0.136. The van der Waals surface area contributed by atoms with Crippen LogP contribution in [-0.4, -0.2) is 20.7 Å². The Morgan fingerprint density at radius 1 is 0.926 bits per heavy atom. The molecule has 1 N–H and O–H groups in total. The lowest BCUT2D eigenvalue weighted by atomic mass is 10.0. The average molecular weight is 377 g/mol. The van der Waals surface area contributed by atoms with Gasteiger partial charge in [-0.1, -0.05) is 54.1 Å². The number of carbonyl (C=O) groups excluding carboxylic acids is 1. The molecule has 0 spiro atoms. The van der Waals surface area contributed by atoms with Crippen LogP contribution in [0.25, 0.3) is 11.1 Å². The lowest BCUT2D eigenvalue weighted by molar-refractivity contribution is 0.0997. The molecule has 4 rings (SSSR count). The van der Waals surface area contributed by atoms with Crippen molar-refractivity contribution < 1.29 is 13.2 Å². The van der Waals surface area contributed by atoms with Gasteiger partial charge in [0.1, 0.15) is 0 Å². The second-order valence-electron chi connectivity index (χ2n) is 6.77. The molecule has 3 aromatic rings. The molecule has 0 amide bonds. The van der Waals surface area contributed by atoms with Crippen LogP contribution in [0, 0.1) is 6.92 Å². The minimum Gasteiger partial charge on any atom is -0.293 e. The largest absolute Gasteiger partial charge is 0.293 e. The summed E-state index contributed by atoms with van der Waals surface area (Å²) < 4.78 is 27.1. The Kier molecular flexibility index (Phi) is 4.42. The SMILES string of the molecule is Cc1ccc(S(=O)(=O)NCC(=O)c2ccc3c(c2)Cc2ccccc2-3)cc1. The van der Waals surface area contributed by atoms with Crippen LogP contribution in [0.3, 0.4) is 0 Å².